The van der Waals surface area contributed by atoms with Crippen molar-refractivity contribution in [1.82, 2.24) is 0 Å². The zero-order chi connectivity index (χ0) is 13.3. The van der Waals surface area contributed by atoms with Crippen molar-refractivity contribution in [3.05, 3.63) is 33.8 Å². The Morgan fingerprint density at radius 1 is 1.12 bits per heavy atom. The van der Waals surface area contributed by atoms with Gasteiger partial charge in [-0.2, -0.15) is 0 Å². The molecule has 8 heteroatoms. The van der Waals surface area contributed by atoms with Crippen LogP contribution in [0.25, 0.3) is 0 Å². The van der Waals surface area contributed by atoms with Gasteiger partial charge in [-0.3, -0.25) is 4.57 Å². The van der Waals surface area contributed by atoms with Gasteiger partial charge in [0, 0.05) is 11.1 Å². The molecule has 0 amide bonds. The molecular formula is C9H11Cl4O3P. The summed E-state index contributed by atoms with van der Waals surface area (Å²) in [6, 6.07) is 0. The minimum atomic E-state index is -3.34. The van der Waals surface area contributed by atoms with Crippen LogP contribution in [0.3, 0.4) is 0 Å². The molecule has 0 aliphatic heterocycles. The summed E-state index contributed by atoms with van der Waals surface area (Å²) in [5.41, 5.74) is 2.23. The third kappa shape index (κ3) is 8.28. The molecule has 0 heterocycles. The maximum atomic E-state index is 12.1. The van der Waals surface area contributed by atoms with Crippen molar-refractivity contribution in [2.45, 2.75) is 0 Å². The largest absolute Gasteiger partial charge is 0.335 e. The highest BCUT2D eigenvalue weighted by Crippen LogP contribution is 2.49. The normalized spacial score (nSPS) is 16.7. The lowest BCUT2D eigenvalue weighted by Crippen LogP contribution is -2.02. The Hall–Kier alpha value is 0.530. The van der Waals surface area contributed by atoms with E-state index in [0.29, 0.717) is 0 Å². The van der Waals surface area contributed by atoms with Crippen molar-refractivity contribution in [1.29, 1.82) is 0 Å². The molecule has 0 spiro atoms. The van der Waals surface area contributed by atoms with Gasteiger partial charge in [-0.05, 0) is 0 Å². The lowest BCUT2D eigenvalue weighted by Gasteiger charge is -2.16. The molecule has 17 heavy (non-hydrogen) atoms. The van der Waals surface area contributed by atoms with Crippen LogP contribution in [0.2, 0.25) is 0 Å². The first-order valence-corrected chi connectivity index (χ1v) is 7.71. The number of hydrogen-bond acceptors (Lipinski definition) is 3. The van der Waals surface area contributed by atoms with Gasteiger partial charge in [0.2, 0.25) is 0 Å². The van der Waals surface area contributed by atoms with Crippen LogP contribution >= 0.6 is 54.0 Å². The number of halogens is 4. The van der Waals surface area contributed by atoms with Crippen LogP contribution in [0.15, 0.2) is 33.8 Å². The average molecular weight is 340 g/mol. The van der Waals surface area contributed by atoms with E-state index in [1.165, 1.54) is 6.08 Å². The van der Waals surface area contributed by atoms with Crippen molar-refractivity contribution < 1.29 is 13.6 Å². The fourth-order valence-corrected chi connectivity index (χ4v) is 2.34. The summed E-state index contributed by atoms with van der Waals surface area (Å²) in [6.07, 6.45) is 1.45. The summed E-state index contributed by atoms with van der Waals surface area (Å²) in [5, 5.41) is 0.414. The summed E-state index contributed by atoms with van der Waals surface area (Å²) in [6.45, 7) is 3.24. The monoisotopic (exact) mass is 338 g/mol. The molecule has 0 N–H and O–H groups in total. The zero-order valence-electron chi connectivity index (χ0n) is 8.74. The smallest absolute Gasteiger partial charge is 0.303 e. The maximum Gasteiger partial charge on any atom is 0.335 e. The van der Waals surface area contributed by atoms with Crippen LogP contribution in [-0.4, -0.2) is 19.4 Å². The first kappa shape index (κ1) is 17.5. The van der Waals surface area contributed by atoms with Gasteiger partial charge < -0.3 is 9.05 Å². The molecule has 0 bridgehead atoms. The molecule has 0 atom stereocenters. The Morgan fingerprint density at radius 3 is 1.82 bits per heavy atom. The molecule has 3 nitrogen and oxygen atoms in total. The van der Waals surface area contributed by atoms with Gasteiger partial charge in [-0.1, -0.05) is 52.5 Å². The predicted octanol–water partition coefficient (Wildman–Crippen LogP) is 5.04. The minimum Gasteiger partial charge on any atom is -0.303 e. The highest BCUT2D eigenvalue weighted by atomic mass is 35.5. The fraction of sp³-hybridized carbons (Fsp3) is 0.333. The summed E-state index contributed by atoms with van der Waals surface area (Å²) in [7, 11) is -3.34. The van der Waals surface area contributed by atoms with E-state index in [1.54, 1.807) is 0 Å². The standard InChI is InChI=1S/C9H11Cl4O3P/c1-2-3-17(14,15-6-8(12)4-10)16-7-9(13)5-11/h2,4-5H,1,3,6-7H2. The molecular weight excluding hydrogens is 329 g/mol. The van der Waals surface area contributed by atoms with Crippen LogP contribution < -0.4 is 0 Å². The average Bonchev–Trinajstić information content (AvgIpc) is 2.33. The van der Waals surface area contributed by atoms with Gasteiger partial charge in [0.15, 0.2) is 0 Å². The summed E-state index contributed by atoms with van der Waals surface area (Å²) in [5.74, 6) is 0. The molecule has 0 unspecified atom stereocenters. The van der Waals surface area contributed by atoms with Crippen molar-refractivity contribution >= 4 is 54.0 Å². The van der Waals surface area contributed by atoms with E-state index in [9.17, 15) is 4.57 Å². The van der Waals surface area contributed by atoms with E-state index < -0.39 is 7.60 Å². The molecule has 0 aromatic carbocycles. The van der Waals surface area contributed by atoms with E-state index in [4.69, 9.17) is 55.5 Å². The van der Waals surface area contributed by atoms with Crippen LogP contribution in [-0.2, 0) is 13.6 Å². The van der Waals surface area contributed by atoms with E-state index in [0.717, 1.165) is 11.1 Å². The third-order valence-electron chi connectivity index (χ3n) is 1.39. The molecule has 0 radical (unpaired) electrons. The second kappa shape index (κ2) is 9.46. The van der Waals surface area contributed by atoms with Crippen LogP contribution in [0.4, 0.5) is 0 Å². The van der Waals surface area contributed by atoms with Crippen molar-refractivity contribution in [3.63, 3.8) is 0 Å². The van der Waals surface area contributed by atoms with Crippen LogP contribution in [0, 0.1) is 0 Å². The van der Waals surface area contributed by atoms with E-state index in [1.807, 2.05) is 0 Å². The topological polar surface area (TPSA) is 35.5 Å². The Labute approximate surface area is 120 Å². The molecule has 0 aromatic heterocycles. The third-order valence-corrected chi connectivity index (χ3v) is 4.32. The highest BCUT2D eigenvalue weighted by Gasteiger charge is 2.23. The SMILES string of the molecule is C=CCP(=O)(OCC(Cl)=CCl)OCC(Cl)=CCl. The first-order valence-electron chi connectivity index (χ1n) is 4.36. The Bertz CT molecular complexity index is 328. The predicted molar refractivity (Wildman–Crippen MR) is 74.2 cm³/mol. The van der Waals surface area contributed by atoms with Crippen molar-refractivity contribution in [2.75, 3.05) is 19.4 Å². The molecule has 0 rings (SSSR count). The Kier molecular flexibility index (Phi) is 9.75. The Morgan fingerprint density at radius 2 is 1.53 bits per heavy atom. The van der Waals surface area contributed by atoms with Crippen molar-refractivity contribution in [3.8, 4) is 0 Å². The van der Waals surface area contributed by atoms with E-state index in [2.05, 4.69) is 6.58 Å². The van der Waals surface area contributed by atoms with Gasteiger partial charge in [0.25, 0.3) is 0 Å². The minimum absolute atomic E-state index is 0.0336. The van der Waals surface area contributed by atoms with Crippen LogP contribution in [0.1, 0.15) is 0 Å². The van der Waals surface area contributed by atoms with Crippen LogP contribution in [0.5, 0.6) is 0 Å². The fourth-order valence-electron chi connectivity index (χ4n) is 0.684. The van der Waals surface area contributed by atoms with Gasteiger partial charge >= 0.3 is 7.60 Å². The molecule has 0 saturated carbocycles. The second-order valence-corrected chi connectivity index (χ2v) is 6.25. The van der Waals surface area contributed by atoms with Gasteiger partial charge in [-0.25, -0.2) is 0 Å². The summed E-state index contributed by atoms with van der Waals surface area (Å²) < 4.78 is 22.2. The molecule has 0 fully saturated rings. The zero-order valence-corrected chi connectivity index (χ0v) is 12.7. The molecule has 0 aliphatic rings. The quantitative estimate of drug-likeness (QED) is 0.459. The van der Waals surface area contributed by atoms with E-state index >= 15 is 0 Å². The lowest BCUT2D eigenvalue weighted by molar-refractivity contribution is 0.237. The molecule has 0 saturated heterocycles. The number of hydrogen-bond donors (Lipinski definition) is 0. The maximum absolute atomic E-state index is 12.1. The van der Waals surface area contributed by atoms with Gasteiger partial charge in [-0.15, -0.1) is 6.58 Å². The van der Waals surface area contributed by atoms with Gasteiger partial charge in [0.05, 0.1) is 29.4 Å². The Balaban J connectivity index is 4.45. The molecule has 0 aromatic rings. The number of rotatable bonds is 8. The molecule has 98 valence electrons. The lowest BCUT2D eigenvalue weighted by atomic mass is 10.7. The van der Waals surface area contributed by atoms with Gasteiger partial charge in [0.1, 0.15) is 0 Å². The highest BCUT2D eigenvalue weighted by molar-refractivity contribution is 7.54. The second-order valence-electron chi connectivity index (χ2n) is 2.74. The number of allylic oxidation sites excluding steroid dienone is 1. The first-order chi connectivity index (χ1) is 7.97. The van der Waals surface area contributed by atoms with Crippen molar-refractivity contribution in [2.24, 2.45) is 0 Å². The van der Waals surface area contributed by atoms with E-state index in [-0.39, 0.29) is 29.4 Å². The summed E-state index contributed by atoms with van der Waals surface area (Å²) >= 11 is 21.9. The summed E-state index contributed by atoms with van der Waals surface area (Å²) in [4.78, 5) is 0. The molecule has 0 aliphatic carbocycles.